The van der Waals surface area contributed by atoms with Crippen LogP contribution in [0.4, 0.5) is 10.2 Å². The molecular formula is C21H19FN6O2S. The number of anilines is 1. The van der Waals surface area contributed by atoms with Gasteiger partial charge in [0.1, 0.15) is 22.2 Å². The maximum Gasteiger partial charge on any atom is 0.308 e. The fraction of sp³-hybridized carbons (Fsp3) is 0.381. The molecule has 3 aliphatic rings. The van der Waals surface area contributed by atoms with Crippen molar-refractivity contribution in [3.8, 4) is 11.5 Å². The number of halogens is 1. The number of hydrogen-bond donors (Lipinski definition) is 3. The lowest BCUT2D eigenvalue weighted by atomic mass is 9.61. The molecule has 3 fully saturated rings. The number of H-pyrrole nitrogens is 1. The molecule has 2 atom stereocenters. The van der Waals surface area contributed by atoms with Gasteiger partial charge in [-0.3, -0.25) is 9.89 Å². The summed E-state index contributed by atoms with van der Waals surface area (Å²) in [6, 6.07) is 3.12. The zero-order valence-corrected chi connectivity index (χ0v) is 17.2. The van der Waals surface area contributed by atoms with Crippen molar-refractivity contribution in [1.29, 1.82) is 0 Å². The fourth-order valence-electron chi connectivity index (χ4n) is 5.29. The predicted octanol–water partition coefficient (Wildman–Crippen LogP) is 4.07. The van der Waals surface area contributed by atoms with Crippen molar-refractivity contribution in [1.82, 2.24) is 25.1 Å². The Bertz CT molecular complexity index is 1310. The van der Waals surface area contributed by atoms with E-state index in [0.717, 1.165) is 42.1 Å². The highest BCUT2D eigenvalue weighted by Crippen LogP contribution is 2.46. The van der Waals surface area contributed by atoms with Crippen LogP contribution < -0.4 is 5.32 Å². The van der Waals surface area contributed by atoms with Crippen molar-refractivity contribution in [3.63, 3.8) is 0 Å². The smallest absolute Gasteiger partial charge is 0.308 e. The van der Waals surface area contributed by atoms with Crippen molar-refractivity contribution >= 4 is 44.4 Å². The molecule has 3 saturated carbocycles. The van der Waals surface area contributed by atoms with Crippen molar-refractivity contribution in [3.05, 3.63) is 29.5 Å². The number of rotatable bonds is 4. The normalized spacial score (nSPS) is 25.3. The molecule has 3 N–H and O–H groups in total. The molecular weight excluding hydrogens is 419 g/mol. The highest BCUT2D eigenvalue weighted by Gasteiger charge is 2.47. The van der Waals surface area contributed by atoms with E-state index in [1.165, 1.54) is 17.4 Å². The molecule has 4 heterocycles. The lowest BCUT2D eigenvalue weighted by Gasteiger charge is -2.47. The molecule has 3 aliphatic carbocycles. The van der Waals surface area contributed by atoms with Crippen LogP contribution >= 0.6 is 11.3 Å². The van der Waals surface area contributed by atoms with Gasteiger partial charge >= 0.3 is 5.97 Å². The first-order valence-corrected chi connectivity index (χ1v) is 11.2. The summed E-state index contributed by atoms with van der Waals surface area (Å²) in [6.45, 7) is 0. The number of aromatic amines is 1. The number of fused-ring (bicyclic) bond motifs is 5. The molecule has 7 rings (SSSR count). The second-order valence-electron chi connectivity index (χ2n) is 8.37. The second kappa shape index (κ2) is 6.94. The molecule has 2 bridgehead atoms. The number of pyridine rings is 1. The van der Waals surface area contributed by atoms with E-state index in [1.807, 2.05) is 11.4 Å². The number of nitrogens with one attached hydrogen (secondary N) is 2. The van der Waals surface area contributed by atoms with Gasteiger partial charge in [0.05, 0.1) is 22.9 Å². The lowest BCUT2D eigenvalue weighted by Crippen LogP contribution is -2.51. The summed E-state index contributed by atoms with van der Waals surface area (Å²) in [6.07, 6.45) is 5.14. The Balaban J connectivity index is 1.46. The van der Waals surface area contributed by atoms with Crippen LogP contribution in [0.3, 0.4) is 0 Å². The predicted molar refractivity (Wildman–Crippen MR) is 114 cm³/mol. The minimum atomic E-state index is -0.746. The summed E-state index contributed by atoms with van der Waals surface area (Å²) >= 11 is 1.47. The van der Waals surface area contributed by atoms with Gasteiger partial charge in [0.2, 0.25) is 0 Å². The summed E-state index contributed by atoms with van der Waals surface area (Å²) in [5.41, 5.74) is 0.872. The number of aromatic nitrogens is 5. The molecule has 0 radical (unpaired) electrons. The molecule has 4 aromatic rings. The molecule has 0 spiro atoms. The van der Waals surface area contributed by atoms with E-state index in [-0.39, 0.29) is 12.0 Å². The summed E-state index contributed by atoms with van der Waals surface area (Å²) in [5.74, 6) is -0.144. The summed E-state index contributed by atoms with van der Waals surface area (Å²) < 4.78 is 13.8. The van der Waals surface area contributed by atoms with Gasteiger partial charge in [-0.1, -0.05) is 0 Å². The quantitative estimate of drug-likeness (QED) is 0.440. The molecule has 158 valence electrons. The number of hydrogen-bond acceptors (Lipinski definition) is 7. The van der Waals surface area contributed by atoms with E-state index in [4.69, 9.17) is 4.98 Å². The van der Waals surface area contributed by atoms with Gasteiger partial charge < -0.3 is 10.4 Å². The first kappa shape index (κ1) is 18.6. The zero-order chi connectivity index (χ0) is 21.1. The summed E-state index contributed by atoms with van der Waals surface area (Å²) in [7, 11) is 0. The lowest BCUT2D eigenvalue weighted by molar-refractivity contribution is -0.148. The molecule has 2 unspecified atom stereocenters. The van der Waals surface area contributed by atoms with E-state index in [9.17, 15) is 14.3 Å². The van der Waals surface area contributed by atoms with E-state index >= 15 is 0 Å². The number of aliphatic carboxylic acids is 1. The number of carboxylic acid groups (broad SMARTS) is 1. The Morgan fingerprint density at radius 1 is 1.19 bits per heavy atom. The maximum atomic E-state index is 13.8. The van der Waals surface area contributed by atoms with E-state index in [0.29, 0.717) is 34.3 Å². The first-order chi connectivity index (χ1) is 15.1. The van der Waals surface area contributed by atoms with Crippen LogP contribution in [0.5, 0.6) is 0 Å². The number of nitrogens with zero attached hydrogens (tertiary/aromatic N) is 4. The topological polar surface area (TPSA) is 117 Å². The van der Waals surface area contributed by atoms with E-state index in [2.05, 4.69) is 25.5 Å². The molecule has 8 nitrogen and oxygen atoms in total. The van der Waals surface area contributed by atoms with Crippen LogP contribution in [-0.4, -0.2) is 42.3 Å². The van der Waals surface area contributed by atoms with Gasteiger partial charge in [-0.15, -0.1) is 11.3 Å². The van der Waals surface area contributed by atoms with Gasteiger partial charge in [-0.05, 0) is 55.0 Å². The largest absolute Gasteiger partial charge is 0.481 e. The number of carbonyl (C=O) groups is 1. The Morgan fingerprint density at radius 3 is 2.81 bits per heavy atom. The van der Waals surface area contributed by atoms with Crippen LogP contribution in [0, 0.1) is 23.6 Å². The number of thiophene rings is 1. The Morgan fingerprint density at radius 2 is 2.00 bits per heavy atom. The van der Waals surface area contributed by atoms with Gasteiger partial charge in [0.15, 0.2) is 11.5 Å². The van der Waals surface area contributed by atoms with Crippen molar-refractivity contribution in [2.24, 2.45) is 17.8 Å². The minimum absolute atomic E-state index is 0.173. The molecule has 31 heavy (non-hydrogen) atoms. The van der Waals surface area contributed by atoms with Gasteiger partial charge in [-0.25, -0.2) is 19.3 Å². The van der Waals surface area contributed by atoms with Gasteiger partial charge in [-0.2, -0.15) is 5.10 Å². The monoisotopic (exact) mass is 438 g/mol. The zero-order valence-electron chi connectivity index (χ0n) is 16.4. The third kappa shape index (κ3) is 2.96. The average Bonchev–Trinajstić information content (AvgIpc) is 3.41. The van der Waals surface area contributed by atoms with Crippen molar-refractivity contribution < 1.29 is 14.3 Å². The Labute approximate surface area is 179 Å². The van der Waals surface area contributed by atoms with Crippen LogP contribution in [0.25, 0.3) is 32.8 Å². The van der Waals surface area contributed by atoms with Crippen LogP contribution in [0.1, 0.15) is 25.7 Å². The molecule has 4 aromatic heterocycles. The average molecular weight is 438 g/mol. The van der Waals surface area contributed by atoms with E-state index < -0.39 is 17.7 Å². The number of carboxylic acids is 1. The third-order valence-corrected chi connectivity index (χ3v) is 7.54. The molecule has 0 amide bonds. The Hall–Kier alpha value is -3.14. The maximum absolute atomic E-state index is 13.8. The van der Waals surface area contributed by atoms with Crippen LogP contribution in [-0.2, 0) is 4.79 Å². The van der Waals surface area contributed by atoms with Crippen LogP contribution in [0.2, 0.25) is 0 Å². The van der Waals surface area contributed by atoms with Gasteiger partial charge in [0.25, 0.3) is 0 Å². The summed E-state index contributed by atoms with van der Waals surface area (Å²) in [5, 5.41) is 23.7. The molecule has 0 aliphatic heterocycles. The second-order valence-corrected chi connectivity index (χ2v) is 9.26. The first-order valence-electron chi connectivity index (χ1n) is 10.3. The van der Waals surface area contributed by atoms with Gasteiger partial charge in [0, 0.05) is 6.04 Å². The minimum Gasteiger partial charge on any atom is -0.481 e. The Kier molecular flexibility index (Phi) is 4.17. The SMILES string of the molecule is O=C(O)C1C2CCC(CC2)C1Nc1nc(-c2[nH]nc3ncc(F)cc23)nc2sccc12. The summed E-state index contributed by atoms with van der Waals surface area (Å²) in [4.78, 5) is 26.2. The third-order valence-electron chi connectivity index (χ3n) is 6.73. The molecule has 0 saturated heterocycles. The van der Waals surface area contributed by atoms with Crippen molar-refractivity contribution in [2.75, 3.05) is 5.32 Å². The van der Waals surface area contributed by atoms with E-state index in [1.54, 1.807) is 0 Å². The molecule has 0 aromatic carbocycles. The fourth-order valence-corrected chi connectivity index (χ4v) is 6.06. The van der Waals surface area contributed by atoms with Crippen molar-refractivity contribution in [2.45, 2.75) is 31.7 Å². The molecule has 10 heteroatoms. The highest BCUT2D eigenvalue weighted by molar-refractivity contribution is 7.16. The standard InChI is InChI=1S/C21H19FN6O2S/c22-11-7-13-16(27-28-17(13)23-8-11)19-25-18(12-5-6-31-20(12)26-19)24-15-10-3-1-9(2-4-10)14(15)21(29)30/h5-10,14-15H,1-4H2,(H,29,30)(H,23,27,28)(H,24,25,26). The highest BCUT2D eigenvalue weighted by atomic mass is 32.1. The van der Waals surface area contributed by atoms with Crippen LogP contribution in [0.15, 0.2) is 23.7 Å².